The van der Waals surface area contributed by atoms with Crippen LogP contribution in [0.15, 0.2) is 6.20 Å². The van der Waals surface area contributed by atoms with Crippen molar-refractivity contribution < 1.29 is 0 Å². The van der Waals surface area contributed by atoms with E-state index in [2.05, 4.69) is 32.6 Å². The lowest BCUT2D eigenvalue weighted by atomic mass is 10.3. The predicted molar refractivity (Wildman–Crippen MR) is 49.5 cm³/mol. The van der Waals surface area contributed by atoms with Crippen LogP contribution in [0.1, 0.15) is 11.3 Å². The van der Waals surface area contributed by atoms with Gasteiger partial charge in [-0.05, 0) is 24.1 Å². The molecular formula is C6H6ClIN2. The highest BCUT2D eigenvalue weighted by molar-refractivity contribution is 14.1. The minimum Gasteiger partial charge on any atom is -0.226 e. The largest absolute Gasteiger partial charge is 0.226 e. The summed E-state index contributed by atoms with van der Waals surface area (Å²) < 4.78 is 0.881. The van der Waals surface area contributed by atoms with Gasteiger partial charge in [0, 0.05) is 10.6 Å². The van der Waals surface area contributed by atoms with Gasteiger partial charge in [0.15, 0.2) is 0 Å². The van der Waals surface area contributed by atoms with Gasteiger partial charge in [0.25, 0.3) is 0 Å². The Kier molecular flexibility index (Phi) is 2.85. The van der Waals surface area contributed by atoms with E-state index in [1.807, 2.05) is 6.92 Å². The Hall–Kier alpha value is 0.1000. The number of nitrogens with zero attached hydrogens (tertiary/aromatic N) is 2. The second-order valence-corrected chi connectivity index (χ2v) is 3.00. The zero-order valence-electron chi connectivity index (χ0n) is 5.43. The van der Waals surface area contributed by atoms with Gasteiger partial charge in [-0.2, -0.15) is 0 Å². The van der Waals surface area contributed by atoms with Gasteiger partial charge in [-0.1, -0.05) is 22.6 Å². The van der Waals surface area contributed by atoms with Crippen molar-refractivity contribution in [3.05, 3.63) is 22.7 Å². The molecule has 0 aliphatic heterocycles. The quantitative estimate of drug-likeness (QED) is 0.444. The summed E-state index contributed by atoms with van der Waals surface area (Å²) in [5.41, 5.74) is 2.11. The highest BCUT2D eigenvalue weighted by Crippen LogP contribution is 2.10. The van der Waals surface area contributed by atoms with Crippen molar-refractivity contribution in [2.24, 2.45) is 0 Å². The molecule has 2 nitrogen and oxygen atoms in total. The molecule has 0 aliphatic carbocycles. The van der Waals surface area contributed by atoms with Gasteiger partial charge >= 0.3 is 0 Å². The van der Waals surface area contributed by atoms with E-state index < -0.39 is 0 Å². The van der Waals surface area contributed by atoms with E-state index in [1.165, 1.54) is 0 Å². The zero-order chi connectivity index (χ0) is 7.56. The highest BCUT2D eigenvalue weighted by atomic mass is 127. The molecule has 0 radical (unpaired) electrons. The minimum atomic E-state index is 0.331. The lowest BCUT2D eigenvalue weighted by molar-refractivity contribution is 1.06. The Bertz CT molecular complexity index is 239. The number of alkyl halides is 1. The third-order valence-corrected chi connectivity index (χ3v) is 2.08. The molecule has 1 aromatic heterocycles. The van der Waals surface area contributed by atoms with E-state index >= 15 is 0 Å². The van der Waals surface area contributed by atoms with E-state index in [9.17, 15) is 0 Å². The summed E-state index contributed by atoms with van der Waals surface area (Å²) in [4.78, 5) is 7.88. The van der Waals surface area contributed by atoms with Gasteiger partial charge in [0.05, 0.1) is 5.69 Å². The first kappa shape index (κ1) is 8.20. The Labute approximate surface area is 78.2 Å². The summed E-state index contributed by atoms with van der Waals surface area (Å²) in [7, 11) is 0. The standard InChI is InChI=1S/C6H6ClIN2/c1-4-3-9-6(7)10-5(4)2-8/h3H,2H2,1H3. The van der Waals surface area contributed by atoms with Crippen molar-refractivity contribution in [1.82, 2.24) is 9.97 Å². The Morgan fingerprint density at radius 3 is 2.90 bits per heavy atom. The van der Waals surface area contributed by atoms with Crippen molar-refractivity contribution in [1.29, 1.82) is 0 Å². The van der Waals surface area contributed by atoms with Gasteiger partial charge < -0.3 is 0 Å². The minimum absolute atomic E-state index is 0.331. The number of hydrogen-bond acceptors (Lipinski definition) is 2. The van der Waals surface area contributed by atoms with E-state index in [4.69, 9.17) is 11.6 Å². The third kappa shape index (κ3) is 1.79. The molecule has 1 rings (SSSR count). The fourth-order valence-corrected chi connectivity index (χ4v) is 1.51. The number of aryl methyl sites for hydroxylation is 1. The molecule has 0 aromatic carbocycles. The van der Waals surface area contributed by atoms with Crippen molar-refractivity contribution in [3.8, 4) is 0 Å². The first-order valence-electron chi connectivity index (χ1n) is 2.78. The van der Waals surface area contributed by atoms with Crippen molar-refractivity contribution in [3.63, 3.8) is 0 Å². The molecule has 0 atom stereocenters. The number of halogens is 2. The Morgan fingerprint density at radius 2 is 2.40 bits per heavy atom. The van der Waals surface area contributed by atoms with Gasteiger partial charge in [-0.25, -0.2) is 9.97 Å². The van der Waals surface area contributed by atoms with Crippen molar-refractivity contribution in [2.45, 2.75) is 11.4 Å². The summed E-state index contributed by atoms with van der Waals surface area (Å²) in [5, 5.41) is 0.331. The van der Waals surface area contributed by atoms with E-state index in [1.54, 1.807) is 6.20 Å². The molecule has 10 heavy (non-hydrogen) atoms. The molecule has 1 aromatic rings. The first-order valence-corrected chi connectivity index (χ1v) is 4.68. The van der Waals surface area contributed by atoms with Crippen LogP contribution in [0.5, 0.6) is 0 Å². The molecule has 0 unspecified atom stereocenters. The molecule has 0 fully saturated rings. The maximum absolute atomic E-state index is 5.57. The van der Waals surface area contributed by atoms with E-state index in [0.717, 1.165) is 15.7 Å². The predicted octanol–water partition coefficient (Wildman–Crippen LogP) is 2.37. The van der Waals surface area contributed by atoms with E-state index in [0.29, 0.717) is 5.28 Å². The molecule has 0 bridgehead atoms. The third-order valence-electron chi connectivity index (χ3n) is 1.17. The average molecular weight is 268 g/mol. The molecule has 0 aliphatic rings. The smallest absolute Gasteiger partial charge is 0.222 e. The SMILES string of the molecule is Cc1cnc(Cl)nc1CI. The van der Waals surface area contributed by atoms with Gasteiger partial charge in [-0.15, -0.1) is 0 Å². The van der Waals surface area contributed by atoms with Gasteiger partial charge in [0.1, 0.15) is 0 Å². The van der Waals surface area contributed by atoms with Gasteiger partial charge in [-0.3, -0.25) is 0 Å². The molecule has 0 spiro atoms. The van der Waals surface area contributed by atoms with Crippen LogP contribution < -0.4 is 0 Å². The van der Waals surface area contributed by atoms with Crippen LogP contribution >= 0.6 is 34.2 Å². The fourth-order valence-electron chi connectivity index (χ4n) is 0.588. The molecule has 0 N–H and O–H groups in total. The average Bonchev–Trinajstić information content (AvgIpc) is 1.94. The summed E-state index contributed by atoms with van der Waals surface area (Å²) in [6, 6.07) is 0. The topological polar surface area (TPSA) is 25.8 Å². The van der Waals surface area contributed by atoms with Gasteiger partial charge in [0.2, 0.25) is 5.28 Å². The van der Waals surface area contributed by atoms with Crippen LogP contribution in [-0.2, 0) is 4.43 Å². The summed E-state index contributed by atoms with van der Waals surface area (Å²) in [5.74, 6) is 0. The lowest BCUT2D eigenvalue weighted by Crippen LogP contribution is -1.92. The number of aromatic nitrogens is 2. The van der Waals surface area contributed by atoms with Crippen LogP contribution in [0.2, 0.25) is 5.28 Å². The number of rotatable bonds is 1. The zero-order valence-corrected chi connectivity index (χ0v) is 8.35. The first-order chi connectivity index (χ1) is 4.74. The Balaban J connectivity index is 3.09. The van der Waals surface area contributed by atoms with Crippen LogP contribution in [0, 0.1) is 6.92 Å². The normalized spacial score (nSPS) is 9.90. The highest BCUT2D eigenvalue weighted by Gasteiger charge is 1.98. The molecule has 0 saturated carbocycles. The summed E-state index contributed by atoms with van der Waals surface area (Å²) >= 11 is 7.82. The molecule has 0 saturated heterocycles. The van der Waals surface area contributed by atoms with Crippen LogP contribution in [0.25, 0.3) is 0 Å². The molecule has 54 valence electrons. The number of hydrogen-bond donors (Lipinski definition) is 0. The second kappa shape index (κ2) is 3.48. The van der Waals surface area contributed by atoms with Crippen molar-refractivity contribution >= 4 is 34.2 Å². The maximum atomic E-state index is 5.57. The molecule has 0 amide bonds. The fraction of sp³-hybridized carbons (Fsp3) is 0.333. The van der Waals surface area contributed by atoms with Crippen LogP contribution in [0.4, 0.5) is 0 Å². The lowest BCUT2D eigenvalue weighted by Gasteiger charge is -1.98. The molecule has 1 heterocycles. The van der Waals surface area contributed by atoms with Crippen molar-refractivity contribution in [2.75, 3.05) is 0 Å². The second-order valence-electron chi connectivity index (χ2n) is 1.90. The maximum Gasteiger partial charge on any atom is 0.222 e. The Morgan fingerprint density at radius 1 is 1.70 bits per heavy atom. The molecular weight excluding hydrogens is 262 g/mol. The summed E-state index contributed by atoms with van der Waals surface area (Å²) in [6.45, 7) is 1.98. The van der Waals surface area contributed by atoms with E-state index in [-0.39, 0.29) is 0 Å². The molecule has 4 heteroatoms. The van der Waals surface area contributed by atoms with Crippen LogP contribution in [0.3, 0.4) is 0 Å². The van der Waals surface area contributed by atoms with Crippen LogP contribution in [-0.4, -0.2) is 9.97 Å². The monoisotopic (exact) mass is 268 g/mol. The summed E-state index contributed by atoms with van der Waals surface area (Å²) in [6.07, 6.45) is 1.74.